The smallest absolute Gasteiger partial charge is 0.319 e. The predicted molar refractivity (Wildman–Crippen MR) is 49.9 cm³/mol. The lowest BCUT2D eigenvalue weighted by Gasteiger charge is -2.35. The zero-order valence-corrected chi connectivity index (χ0v) is 10.8. The molecule has 19 heavy (non-hydrogen) atoms. The van der Waals surface area contributed by atoms with Crippen LogP contribution in [0.2, 0.25) is 0 Å². The van der Waals surface area contributed by atoms with Crippen LogP contribution in [0, 0.1) is 0 Å². The van der Waals surface area contributed by atoms with Crippen LogP contribution in [0.3, 0.4) is 0 Å². The molecular weight excluding hydrogens is 363 g/mol. The van der Waals surface area contributed by atoms with Gasteiger partial charge in [-0.05, 0) is 6.42 Å². The minimum atomic E-state index is -6.46. The van der Waals surface area contributed by atoms with Crippen molar-refractivity contribution in [3.8, 4) is 0 Å². The number of halogens is 10. The van der Waals surface area contributed by atoms with Gasteiger partial charge in [-0.1, -0.05) is 15.9 Å². The first-order valence-corrected chi connectivity index (χ1v) is 5.49. The van der Waals surface area contributed by atoms with E-state index in [4.69, 9.17) is 0 Å². The number of hydrogen-bond acceptors (Lipinski definition) is 1. The van der Waals surface area contributed by atoms with Crippen molar-refractivity contribution in [3.05, 3.63) is 0 Å². The van der Waals surface area contributed by atoms with Gasteiger partial charge >= 0.3 is 23.9 Å². The van der Waals surface area contributed by atoms with Gasteiger partial charge in [-0.15, -0.1) is 0 Å². The van der Waals surface area contributed by atoms with Crippen LogP contribution in [0.15, 0.2) is 0 Å². The summed E-state index contributed by atoms with van der Waals surface area (Å²) in [4.78, 5) is 0. The summed E-state index contributed by atoms with van der Waals surface area (Å²) in [7, 11) is -0.0434. The third-order valence-corrected chi connectivity index (χ3v) is 2.61. The van der Waals surface area contributed by atoms with Crippen LogP contribution in [0.25, 0.3) is 0 Å². The highest BCUT2D eigenvalue weighted by molar-refractivity contribution is 9.09. The van der Waals surface area contributed by atoms with Crippen molar-refractivity contribution in [1.82, 2.24) is 0 Å². The fourth-order valence-corrected chi connectivity index (χ4v) is 1.22. The average molecular weight is 371 g/mol. The van der Waals surface area contributed by atoms with E-state index in [9.17, 15) is 39.5 Å². The zero-order valence-electron chi connectivity index (χ0n) is 9.18. The van der Waals surface area contributed by atoms with E-state index in [1.54, 1.807) is 0 Å². The lowest BCUT2D eigenvalue weighted by molar-refractivity contribution is -0.423. The van der Waals surface area contributed by atoms with Crippen molar-refractivity contribution in [2.75, 3.05) is 7.11 Å². The minimum Gasteiger partial charge on any atom is -0.319 e. The fraction of sp³-hybridized carbons (Fsp3) is 1.00. The molecule has 0 aliphatic heterocycles. The number of methoxy groups -OCH3 is 1. The maximum atomic E-state index is 12.9. The molecule has 0 radical (unpaired) electrons. The Hall–Kier alpha value is -0.190. The van der Waals surface area contributed by atoms with Gasteiger partial charge < -0.3 is 4.74 Å². The number of alkyl halides is 10. The minimum absolute atomic E-state index is 0.0434. The molecule has 1 nitrogen and oxygen atoms in total. The standard InChI is InChI=1S/C8H8BrF9O/c1-19-8(17,18)7(15,16)6(13,14)5(11,12)3-2-4(9)10/h4H,2-3H2,1H3. The van der Waals surface area contributed by atoms with Crippen molar-refractivity contribution in [2.45, 2.75) is 41.8 Å². The van der Waals surface area contributed by atoms with Gasteiger partial charge in [0.15, 0.2) is 5.08 Å². The highest BCUT2D eigenvalue weighted by atomic mass is 79.9. The molecule has 0 spiro atoms. The molecule has 0 bridgehead atoms. The molecule has 0 aromatic carbocycles. The van der Waals surface area contributed by atoms with E-state index in [2.05, 4.69) is 20.7 Å². The second-order valence-electron chi connectivity index (χ2n) is 3.50. The SMILES string of the molecule is COC(F)(F)C(F)(F)C(F)(F)C(F)(F)CCC(F)Br. The molecule has 1 atom stereocenters. The van der Waals surface area contributed by atoms with E-state index in [0.717, 1.165) is 0 Å². The zero-order chi connectivity index (χ0) is 15.7. The van der Waals surface area contributed by atoms with Crippen LogP contribution in [0.4, 0.5) is 39.5 Å². The van der Waals surface area contributed by atoms with Crippen molar-refractivity contribution in [1.29, 1.82) is 0 Å². The van der Waals surface area contributed by atoms with E-state index in [1.807, 2.05) is 0 Å². The summed E-state index contributed by atoms with van der Waals surface area (Å²) in [5, 5.41) is -2.16. The number of ether oxygens (including phenoxy) is 1. The molecule has 0 fully saturated rings. The summed E-state index contributed by atoms with van der Waals surface area (Å²) in [5.41, 5.74) is 0. The summed E-state index contributed by atoms with van der Waals surface area (Å²) in [6.45, 7) is 0. The molecule has 0 rings (SSSR count). The normalized spacial score (nSPS) is 16.6. The Morgan fingerprint density at radius 3 is 1.68 bits per heavy atom. The summed E-state index contributed by atoms with van der Waals surface area (Å²) >= 11 is 2.09. The molecule has 11 heteroatoms. The third kappa shape index (κ3) is 3.47. The first-order valence-electron chi connectivity index (χ1n) is 4.57. The molecule has 0 aliphatic carbocycles. The Balaban J connectivity index is 5.34. The van der Waals surface area contributed by atoms with Crippen LogP contribution in [-0.2, 0) is 4.74 Å². The lowest BCUT2D eigenvalue weighted by atomic mass is 9.99. The number of rotatable bonds is 7. The van der Waals surface area contributed by atoms with Gasteiger partial charge in [0.25, 0.3) is 0 Å². The van der Waals surface area contributed by atoms with E-state index >= 15 is 0 Å². The highest BCUT2D eigenvalue weighted by Gasteiger charge is 2.81. The molecule has 0 aliphatic rings. The van der Waals surface area contributed by atoms with Gasteiger partial charge in [0.05, 0.1) is 0 Å². The summed E-state index contributed by atoms with van der Waals surface area (Å²) in [5.74, 6) is -18.4. The van der Waals surface area contributed by atoms with Crippen LogP contribution >= 0.6 is 15.9 Å². The van der Waals surface area contributed by atoms with E-state index in [1.165, 1.54) is 0 Å². The molecule has 0 aromatic heterocycles. The third-order valence-electron chi connectivity index (χ3n) is 2.15. The Labute approximate surface area is 110 Å². The Morgan fingerprint density at radius 2 is 1.37 bits per heavy atom. The van der Waals surface area contributed by atoms with Crippen LogP contribution < -0.4 is 0 Å². The van der Waals surface area contributed by atoms with Gasteiger partial charge in [0.2, 0.25) is 0 Å². The molecule has 0 aromatic rings. The van der Waals surface area contributed by atoms with Crippen molar-refractivity contribution < 1.29 is 44.3 Å². The Kier molecular flexibility index (Phi) is 5.61. The van der Waals surface area contributed by atoms with Crippen LogP contribution in [0.1, 0.15) is 12.8 Å². The molecule has 1 unspecified atom stereocenters. The van der Waals surface area contributed by atoms with Crippen molar-refractivity contribution in [2.24, 2.45) is 0 Å². The predicted octanol–water partition coefficient (Wildman–Crippen LogP) is 4.60. The second kappa shape index (κ2) is 5.66. The van der Waals surface area contributed by atoms with Crippen LogP contribution in [-0.4, -0.2) is 36.1 Å². The quantitative estimate of drug-likeness (QED) is 0.470. The average Bonchev–Trinajstić information content (AvgIpc) is 2.25. The molecule has 0 saturated carbocycles. The van der Waals surface area contributed by atoms with Crippen molar-refractivity contribution >= 4 is 15.9 Å². The van der Waals surface area contributed by atoms with Gasteiger partial charge in [-0.25, -0.2) is 4.39 Å². The molecule has 0 heterocycles. The van der Waals surface area contributed by atoms with Crippen LogP contribution in [0.5, 0.6) is 0 Å². The Bertz CT molecular complexity index is 305. The van der Waals surface area contributed by atoms with Gasteiger partial charge in [-0.3, -0.25) is 0 Å². The topological polar surface area (TPSA) is 9.23 Å². The molecule has 0 N–H and O–H groups in total. The van der Waals surface area contributed by atoms with E-state index in [-0.39, 0.29) is 7.11 Å². The summed E-state index contributed by atoms with van der Waals surface area (Å²) < 4.78 is 117. The van der Waals surface area contributed by atoms with Gasteiger partial charge in [-0.2, -0.15) is 35.1 Å². The molecule has 0 amide bonds. The second-order valence-corrected chi connectivity index (χ2v) is 4.50. The number of hydrogen-bond donors (Lipinski definition) is 0. The molecular formula is C8H8BrF9O. The summed E-state index contributed by atoms with van der Waals surface area (Å²) in [6, 6.07) is 0. The first kappa shape index (κ1) is 18.8. The van der Waals surface area contributed by atoms with E-state index < -0.39 is 41.8 Å². The molecule has 0 saturated heterocycles. The summed E-state index contributed by atoms with van der Waals surface area (Å²) in [6.07, 6.45) is -9.12. The monoisotopic (exact) mass is 370 g/mol. The first-order chi connectivity index (χ1) is 8.23. The maximum absolute atomic E-state index is 12.9. The largest absolute Gasteiger partial charge is 0.425 e. The molecule has 116 valence electrons. The highest BCUT2D eigenvalue weighted by Crippen LogP contribution is 2.54. The fourth-order valence-electron chi connectivity index (χ4n) is 0.988. The maximum Gasteiger partial charge on any atom is 0.425 e. The van der Waals surface area contributed by atoms with Crippen molar-refractivity contribution in [3.63, 3.8) is 0 Å². The Morgan fingerprint density at radius 1 is 0.947 bits per heavy atom. The van der Waals surface area contributed by atoms with Gasteiger partial charge in [0.1, 0.15) is 0 Å². The van der Waals surface area contributed by atoms with E-state index in [0.29, 0.717) is 0 Å². The lowest BCUT2D eigenvalue weighted by Crippen LogP contribution is -2.62. The van der Waals surface area contributed by atoms with Gasteiger partial charge in [0, 0.05) is 13.5 Å².